The van der Waals surface area contributed by atoms with E-state index < -0.39 is 0 Å². The molecule has 1 aliphatic rings. The number of nitrogens with one attached hydrogen (secondary N) is 1. The minimum absolute atomic E-state index is 0.204. The summed E-state index contributed by atoms with van der Waals surface area (Å²) in [4.78, 5) is 19.4. The molecular formula is C18H20ClN3O2. The molecule has 5 nitrogen and oxygen atoms in total. The van der Waals surface area contributed by atoms with Gasteiger partial charge in [-0.05, 0) is 43.5 Å². The molecule has 0 atom stereocenters. The van der Waals surface area contributed by atoms with Crippen LogP contribution in [0.15, 0.2) is 30.5 Å². The fraction of sp³-hybridized carbons (Fsp3) is 0.333. The maximum atomic E-state index is 12.8. The third kappa shape index (κ3) is 3.31. The largest absolute Gasteiger partial charge is 0.495 e. The van der Waals surface area contributed by atoms with Crippen molar-refractivity contribution < 1.29 is 9.53 Å². The summed E-state index contributed by atoms with van der Waals surface area (Å²) in [5.41, 5.74) is 2.04. The van der Waals surface area contributed by atoms with Crippen LogP contribution in [-0.2, 0) is 0 Å². The van der Waals surface area contributed by atoms with Gasteiger partial charge in [0.2, 0.25) is 0 Å². The van der Waals surface area contributed by atoms with Gasteiger partial charge in [0, 0.05) is 30.4 Å². The molecule has 1 amide bonds. The van der Waals surface area contributed by atoms with Crippen molar-refractivity contribution >= 4 is 29.0 Å². The lowest BCUT2D eigenvalue weighted by molar-refractivity contribution is 0.102. The van der Waals surface area contributed by atoms with E-state index in [2.05, 4.69) is 15.2 Å². The Kier molecular flexibility index (Phi) is 4.90. The van der Waals surface area contributed by atoms with Gasteiger partial charge in [0.15, 0.2) is 0 Å². The number of ether oxygens (including phenoxy) is 1. The third-order valence-electron chi connectivity index (χ3n) is 4.17. The summed E-state index contributed by atoms with van der Waals surface area (Å²) >= 11 is 6.12. The van der Waals surface area contributed by atoms with E-state index in [-0.39, 0.29) is 5.91 Å². The molecule has 0 radical (unpaired) electrons. The molecule has 0 spiro atoms. The van der Waals surface area contributed by atoms with Crippen LogP contribution in [0.5, 0.6) is 5.75 Å². The number of halogens is 1. The number of benzene rings is 1. The maximum absolute atomic E-state index is 12.8. The normalized spacial score (nSPS) is 13.9. The zero-order valence-electron chi connectivity index (χ0n) is 13.8. The van der Waals surface area contributed by atoms with Crippen molar-refractivity contribution in [1.82, 2.24) is 4.98 Å². The highest BCUT2D eigenvalue weighted by molar-refractivity contribution is 6.31. The van der Waals surface area contributed by atoms with E-state index in [1.807, 2.05) is 13.0 Å². The number of anilines is 2. The number of carbonyl (C=O) groups excluding carboxylic acids is 1. The summed E-state index contributed by atoms with van der Waals surface area (Å²) in [6, 6.07) is 7.09. The number of aromatic nitrogens is 1. The van der Waals surface area contributed by atoms with E-state index >= 15 is 0 Å². The molecule has 1 aromatic carbocycles. The van der Waals surface area contributed by atoms with Crippen LogP contribution in [0.1, 0.15) is 28.8 Å². The first-order valence-corrected chi connectivity index (χ1v) is 8.33. The van der Waals surface area contributed by atoms with Crippen molar-refractivity contribution in [2.45, 2.75) is 19.8 Å². The van der Waals surface area contributed by atoms with Gasteiger partial charge < -0.3 is 15.0 Å². The first-order chi connectivity index (χ1) is 11.6. The zero-order valence-corrected chi connectivity index (χ0v) is 14.6. The predicted molar refractivity (Wildman–Crippen MR) is 96.4 cm³/mol. The maximum Gasteiger partial charge on any atom is 0.259 e. The highest BCUT2D eigenvalue weighted by Crippen LogP contribution is 2.32. The molecule has 0 bridgehead atoms. The molecule has 6 heteroatoms. The lowest BCUT2D eigenvalue weighted by Gasteiger charge is -2.20. The second kappa shape index (κ2) is 7.09. The Bertz CT molecular complexity index is 758. The average Bonchev–Trinajstić information content (AvgIpc) is 3.12. The number of carbonyl (C=O) groups is 1. The third-order valence-corrected chi connectivity index (χ3v) is 4.57. The summed E-state index contributed by atoms with van der Waals surface area (Å²) in [5.74, 6) is 1.06. The number of hydrogen-bond acceptors (Lipinski definition) is 4. The molecule has 0 saturated carbocycles. The Hall–Kier alpha value is -2.27. The first-order valence-electron chi connectivity index (χ1n) is 7.95. The summed E-state index contributed by atoms with van der Waals surface area (Å²) in [6.07, 6.45) is 3.97. The van der Waals surface area contributed by atoms with Gasteiger partial charge in [-0.3, -0.25) is 4.79 Å². The SMILES string of the molecule is COc1cc(Cl)c(C)cc1NC(=O)c1cccnc1N1CCCC1. The average molecular weight is 346 g/mol. The molecule has 1 N–H and O–H groups in total. The van der Waals surface area contributed by atoms with E-state index in [4.69, 9.17) is 16.3 Å². The van der Waals surface area contributed by atoms with Crippen LogP contribution < -0.4 is 15.0 Å². The van der Waals surface area contributed by atoms with Crippen LogP contribution >= 0.6 is 11.6 Å². The van der Waals surface area contributed by atoms with Crippen LogP contribution in [0.25, 0.3) is 0 Å². The van der Waals surface area contributed by atoms with Gasteiger partial charge in [-0.15, -0.1) is 0 Å². The number of aryl methyl sites for hydroxylation is 1. The van der Waals surface area contributed by atoms with E-state index in [1.165, 1.54) is 0 Å². The van der Waals surface area contributed by atoms with Gasteiger partial charge in [-0.1, -0.05) is 11.6 Å². The second-order valence-corrected chi connectivity index (χ2v) is 6.23. The minimum atomic E-state index is -0.204. The van der Waals surface area contributed by atoms with Crippen molar-refractivity contribution in [2.24, 2.45) is 0 Å². The molecule has 24 heavy (non-hydrogen) atoms. The van der Waals surface area contributed by atoms with Crippen LogP contribution in [0.3, 0.4) is 0 Å². The number of rotatable bonds is 4. The minimum Gasteiger partial charge on any atom is -0.495 e. The lowest BCUT2D eigenvalue weighted by atomic mass is 10.1. The van der Waals surface area contributed by atoms with Gasteiger partial charge >= 0.3 is 0 Å². The highest BCUT2D eigenvalue weighted by atomic mass is 35.5. The van der Waals surface area contributed by atoms with Gasteiger partial charge in [0.05, 0.1) is 18.4 Å². The molecule has 0 unspecified atom stereocenters. The summed E-state index contributed by atoms with van der Waals surface area (Å²) < 4.78 is 5.32. The van der Waals surface area contributed by atoms with Gasteiger partial charge in [-0.25, -0.2) is 4.98 Å². The Morgan fingerprint density at radius 2 is 2.08 bits per heavy atom. The van der Waals surface area contributed by atoms with Crippen molar-refractivity contribution in [3.63, 3.8) is 0 Å². The highest BCUT2D eigenvalue weighted by Gasteiger charge is 2.21. The van der Waals surface area contributed by atoms with Crippen LogP contribution in [0.2, 0.25) is 5.02 Å². The van der Waals surface area contributed by atoms with E-state index in [0.29, 0.717) is 22.0 Å². The van der Waals surface area contributed by atoms with E-state index in [9.17, 15) is 4.79 Å². The standard InChI is InChI=1S/C18H20ClN3O2/c1-12-10-15(16(24-2)11-14(12)19)21-18(23)13-6-5-7-20-17(13)22-8-3-4-9-22/h5-7,10-11H,3-4,8-9H2,1-2H3,(H,21,23). The first kappa shape index (κ1) is 16.6. The molecule has 1 aliphatic heterocycles. The summed E-state index contributed by atoms with van der Waals surface area (Å²) in [6.45, 7) is 3.75. The number of amides is 1. The van der Waals surface area contributed by atoms with Crippen molar-refractivity contribution in [3.8, 4) is 5.75 Å². The number of methoxy groups -OCH3 is 1. The van der Waals surface area contributed by atoms with Gasteiger partial charge in [-0.2, -0.15) is 0 Å². The Morgan fingerprint density at radius 3 is 2.79 bits per heavy atom. The smallest absolute Gasteiger partial charge is 0.259 e. The second-order valence-electron chi connectivity index (χ2n) is 5.82. The summed E-state index contributed by atoms with van der Waals surface area (Å²) in [5, 5.41) is 3.52. The Balaban J connectivity index is 1.90. The fourth-order valence-electron chi connectivity index (χ4n) is 2.87. The quantitative estimate of drug-likeness (QED) is 0.913. The molecule has 126 valence electrons. The molecular weight excluding hydrogens is 326 g/mol. The van der Waals surface area contributed by atoms with Gasteiger partial charge in [0.25, 0.3) is 5.91 Å². The zero-order chi connectivity index (χ0) is 17.1. The van der Waals surface area contributed by atoms with Crippen molar-refractivity contribution in [2.75, 3.05) is 30.4 Å². The number of nitrogens with zero attached hydrogens (tertiary/aromatic N) is 2. The van der Waals surface area contributed by atoms with Crippen molar-refractivity contribution in [3.05, 3.63) is 46.6 Å². The van der Waals surface area contributed by atoms with Gasteiger partial charge in [0.1, 0.15) is 11.6 Å². The Labute approximate surface area is 146 Å². The van der Waals surface area contributed by atoms with Crippen LogP contribution in [-0.4, -0.2) is 31.1 Å². The molecule has 3 rings (SSSR count). The van der Waals surface area contributed by atoms with E-state index in [0.717, 1.165) is 37.3 Å². The topological polar surface area (TPSA) is 54.5 Å². The molecule has 2 heterocycles. The molecule has 1 saturated heterocycles. The lowest BCUT2D eigenvalue weighted by Crippen LogP contribution is -2.24. The van der Waals surface area contributed by atoms with Crippen LogP contribution in [0, 0.1) is 6.92 Å². The molecule has 1 aromatic heterocycles. The molecule has 0 aliphatic carbocycles. The fourth-order valence-corrected chi connectivity index (χ4v) is 3.03. The summed E-state index contributed by atoms with van der Waals surface area (Å²) in [7, 11) is 1.55. The monoisotopic (exact) mass is 345 g/mol. The van der Waals surface area contributed by atoms with Crippen molar-refractivity contribution in [1.29, 1.82) is 0 Å². The van der Waals surface area contributed by atoms with E-state index in [1.54, 1.807) is 31.5 Å². The number of pyridine rings is 1. The Morgan fingerprint density at radius 1 is 1.33 bits per heavy atom. The molecule has 2 aromatic rings. The number of hydrogen-bond donors (Lipinski definition) is 1. The molecule has 1 fully saturated rings. The predicted octanol–water partition coefficient (Wildman–Crippen LogP) is 3.90. The van der Waals surface area contributed by atoms with Crippen LogP contribution in [0.4, 0.5) is 11.5 Å².